The Morgan fingerprint density at radius 2 is 0.917 bits per heavy atom. The molecule has 4 aromatic heterocycles. The Labute approximate surface area is 649 Å². The Hall–Kier alpha value is -10.2. The Morgan fingerprint density at radius 3 is 1.33 bits per heavy atom. The van der Waals surface area contributed by atoms with Crippen LogP contribution in [0.2, 0.25) is 10.0 Å². The number of piperidine rings is 2. The molecule has 8 aromatic rings. The van der Waals surface area contributed by atoms with Crippen LogP contribution in [0.4, 0.5) is 0 Å². The minimum absolute atomic E-state index is 0. The van der Waals surface area contributed by atoms with Gasteiger partial charge in [0.2, 0.25) is 23.6 Å². The molecule has 0 saturated carbocycles. The van der Waals surface area contributed by atoms with Gasteiger partial charge in [-0.15, -0.1) is 43.1 Å². The third kappa shape index (κ3) is 17.1. The van der Waals surface area contributed by atoms with Gasteiger partial charge in [-0.05, 0) is 133 Å². The van der Waals surface area contributed by atoms with Gasteiger partial charge in [0.25, 0.3) is 23.6 Å². The van der Waals surface area contributed by atoms with Gasteiger partial charge in [0, 0.05) is 67.7 Å². The second kappa shape index (κ2) is 35.4. The van der Waals surface area contributed by atoms with Crippen molar-refractivity contribution < 1.29 is 62.5 Å². The molecule has 10 heterocycles. The molecule has 2 saturated heterocycles. The molecule has 109 heavy (non-hydrogen) atoms. The largest absolute Gasteiger partial charge is 0.493 e. The Kier molecular flexibility index (Phi) is 26.4. The molecule has 572 valence electrons. The highest BCUT2D eigenvalue weighted by molar-refractivity contribution is 7.15. The smallest absolute Gasteiger partial charge is 0.306 e. The Balaban J connectivity index is 0.000000190. The number of aliphatic imine (C=N–C) groups is 2. The number of aliphatic carboxylic acids is 1. The number of aromatic nitrogens is 6. The van der Waals surface area contributed by atoms with E-state index in [2.05, 4.69) is 70.2 Å². The summed E-state index contributed by atoms with van der Waals surface area (Å²) in [5, 5.41) is 34.4. The number of ether oxygens (including phenoxy) is 2. The van der Waals surface area contributed by atoms with E-state index in [1.165, 1.54) is 22.6 Å². The van der Waals surface area contributed by atoms with Crippen LogP contribution in [0.1, 0.15) is 251 Å². The monoisotopic (exact) mass is 1560 g/mol. The number of hydrogen-bond acceptors (Lipinski definition) is 20. The molecule has 25 nitrogen and oxygen atoms in total. The number of carboxylic acids is 1. The summed E-state index contributed by atoms with van der Waals surface area (Å²) < 4.78 is 15.7. The van der Waals surface area contributed by atoms with E-state index in [9.17, 15) is 53.1 Å². The highest BCUT2D eigenvalue weighted by Gasteiger charge is 2.48. The number of fused-ring (bicyclic) bond motifs is 8. The first-order chi connectivity index (χ1) is 51.4. The lowest BCUT2D eigenvalue weighted by atomic mass is 9.99. The van der Waals surface area contributed by atoms with E-state index in [1.807, 2.05) is 66.9 Å². The highest BCUT2D eigenvalue weighted by Crippen LogP contribution is 2.43. The van der Waals surface area contributed by atoms with E-state index < -0.39 is 71.5 Å². The fraction of sp³-hybridized carbons (Fsp3) is 0.400. The summed E-state index contributed by atoms with van der Waals surface area (Å²) >= 11 is 15.6. The van der Waals surface area contributed by atoms with Crippen LogP contribution in [0.25, 0.3) is 10.0 Å². The molecule has 0 aliphatic carbocycles. The fourth-order valence-corrected chi connectivity index (χ4v) is 16.7. The van der Waals surface area contributed by atoms with Gasteiger partial charge < -0.3 is 14.6 Å². The second-order valence-corrected chi connectivity index (χ2v) is 30.3. The fourth-order valence-electron chi connectivity index (χ4n) is 14.0. The maximum Gasteiger partial charge on any atom is 0.306 e. The van der Waals surface area contributed by atoms with Crippen molar-refractivity contribution in [2.24, 2.45) is 9.98 Å². The summed E-state index contributed by atoms with van der Waals surface area (Å²) in [5.74, 6) is -1.72. The lowest BCUT2D eigenvalue weighted by Gasteiger charge is -2.27. The summed E-state index contributed by atoms with van der Waals surface area (Å²) in [6.45, 7) is 15.1. The van der Waals surface area contributed by atoms with Gasteiger partial charge in [-0.25, -0.2) is 0 Å². The van der Waals surface area contributed by atoms with Crippen molar-refractivity contribution in [3.8, 4) is 21.5 Å². The quantitative estimate of drug-likeness (QED) is 0.0374. The third-order valence-electron chi connectivity index (χ3n) is 19.7. The lowest BCUT2D eigenvalue weighted by molar-refractivity contribution is -0.138. The number of nitrogens with zero attached hydrogens (tertiary/aromatic N) is 10. The minimum Gasteiger partial charge on any atom is -0.493 e. The maximum atomic E-state index is 13.4. The number of carbonyl (C=O) groups is 10. The normalized spacial score (nSPS) is 17.4. The molecule has 0 bridgehead atoms. The molecule has 6 aliphatic rings. The molecular weight excluding hydrogens is 1470 g/mol. The van der Waals surface area contributed by atoms with E-state index in [0.717, 1.165) is 128 Å². The molecule has 6 aliphatic heterocycles. The van der Waals surface area contributed by atoms with Gasteiger partial charge in [-0.3, -0.25) is 87.5 Å². The lowest BCUT2D eigenvalue weighted by Crippen LogP contribution is -2.54. The molecule has 0 radical (unpaired) electrons. The van der Waals surface area contributed by atoms with Gasteiger partial charge in [0.05, 0.1) is 53.3 Å². The van der Waals surface area contributed by atoms with E-state index in [-0.39, 0.29) is 87.3 Å². The van der Waals surface area contributed by atoms with Crippen molar-refractivity contribution in [1.82, 2.24) is 50.0 Å². The third-order valence-corrected chi connectivity index (χ3v) is 22.6. The summed E-state index contributed by atoms with van der Waals surface area (Å²) in [4.78, 5) is 139. The van der Waals surface area contributed by atoms with Crippen molar-refractivity contribution in [3.05, 3.63) is 184 Å². The first-order valence-electron chi connectivity index (χ1n) is 35.8. The van der Waals surface area contributed by atoms with Gasteiger partial charge >= 0.3 is 5.97 Å². The molecule has 4 aromatic carbocycles. The number of amides is 8. The Morgan fingerprint density at radius 1 is 0.514 bits per heavy atom. The van der Waals surface area contributed by atoms with Crippen molar-refractivity contribution in [3.63, 3.8) is 0 Å². The van der Waals surface area contributed by atoms with Gasteiger partial charge in [0.1, 0.15) is 63.1 Å². The maximum absolute atomic E-state index is 13.4. The number of benzene rings is 4. The average molecular weight is 1560 g/mol. The number of halogens is 2. The highest BCUT2D eigenvalue weighted by atomic mass is 35.5. The molecule has 4 atom stereocenters. The predicted octanol–water partition coefficient (Wildman–Crippen LogP) is 14.6. The van der Waals surface area contributed by atoms with Crippen molar-refractivity contribution in [2.75, 3.05) is 13.2 Å². The molecule has 2 fully saturated rings. The number of thiophene rings is 2. The Bertz CT molecular complexity index is 4940. The standard InChI is InChI=1S/C39H39ClN6O6S.C20H24N2O5.C19H17ClN4O2S.2CH4/c1-21-22(2)53-39-32(21)34(24-13-15-25(40)16-14-24)41-28(35-44-43-23(3)45(35)39)20-26(47)10-7-5-4-6-8-19-52-30-12-9-11-27-33(30)38(51)46(37(27)50)29-17-18-31(48)42-36(29)49;1-2-3-4-5-6-12-27-15-9-7-8-13-17(15)20(26)22(19(13)25)14-10-11-16(23)21-18(14)24;1-9-10(2)27-19-16(9)17(12-4-6-13(20)7-5-12)21-14(8-15(25)26)18-23-22-11(3)24(18)19;;/h9,11-16,28-29H,4-8,10,17-20H2,1-3H3,(H,42,48,49);7-9,14H,2-6,10-12H2,1H3,(H,21,23,24);4-7,14H,8H2,1-3H3,(H,25,26);2*1H4/t28-,29?;;14-;;/m0.0../s1. The van der Waals surface area contributed by atoms with Crippen LogP contribution in [0.3, 0.4) is 0 Å². The number of carbonyl (C=O) groups excluding carboxylic acids is 9. The summed E-state index contributed by atoms with van der Waals surface area (Å²) in [7, 11) is 0. The van der Waals surface area contributed by atoms with E-state index >= 15 is 0 Å². The minimum atomic E-state index is -1.03. The first-order valence-corrected chi connectivity index (χ1v) is 38.2. The van der Waals surface area contributed by atoms with Crippen LogP contribution in [0, 0.1) is 41.5 Å². The zero-order chi connectivity index (χ0) is 76.1. The average Bonchev–Trinajstić information content (AvgIpc) is 1.60. The molecule has 2 unspecified atom stereocenters. The summed E-state index contributed by atoms with van der Waals surface area (Å²) in [6.07, 6.45) is 10.4. The van der Waals surface area contributed by atoms with Gasteiger partial charge in [-0.2, -0.15) is 0 Å². The number of aryl methyl sites for hydroxylation is 4. The number of hydrogen-bond donors (Lipinski definition) is 3. The number of ketones is 1. The van der Waals surface area contributed by atoms with Crippen molar-refractivity contribution >= 4 is 116 Å². The number of imide groups is 4. The number of carboxylic acid groups (broad SMARTS) is 1. The molecular formula is C80H88Cl2N12O13S2. The van der Waals surface area contributed by atoms with Crippen LogP contribution < -0.4 is 20.1 Å². The number of rotatable bonds is 24. The van der Waals surface area contributed by atoms with Crippen LogP contribution in [0.15, 0.2) is 94.9 Å². The van der Waals surface area contributed by atoms with Crippen molar-refractivity contribution in [2.45, 2.75) is 197 Å². The zero-order valence-electron chi connectivity index (χ0n) is 60.2. The molecule has 29 heteroatoms. The van der Waals surface area contributed by atoms with E-state index in [0.29, 0.717) is 52.8 Å². The number of nitrogens with one attached hydrogen (secondary N) is 2. The van der Waals surface area contributed by atoms with Crippen molar-refractivity contribution in [1.29, 1.82) is 0 Å². The summed E-state index contributed by atoms with van der Waals surface area (Å²) in [5.41, 5.74) is 8.50. The number of unbranched alkanes of at least 4 members (excludes halogenated alkanes) is 8. The summed E-state index contributed by atoms with van der Waals surface area (Å²) in [6, 6.07) is 21.7. The topological polar surface area (TPSA) is 326 Å². The molecule has 0 spiro atoms. The van der Waals surface area contributed by atoms with E-state index in [1.54, 1.807) is 59.1 Å². The van der Waals surface area contributed by atoms with Gasteiger partial charge in [-0.1, -0.05) is 126 Å². The molecule has 14 rings (SSSR count). The van der Waals surface area contributed by atoms with Crippen LogP contribution in [-0.2, 0) is 28.8 Å². The predicted molar refractivity (Wildman–Crippen MR) is 416 cm³/mol. The SMILES string of the molecule is C.C.CCCCCCCOc1cccc2c1C(=O)N(C1CCC(=O)NC1=O)C2=O.Cc1sc2c(c1C)C(c1ccc(Cl)cc1)=N[C@@H](CC(=O)CCCCCCCOc1cccc3c1C(=O)N(C1CCC(=O)NC1=O)C3=O)c1nnc(C)n1-2.Cc1sc2c(c1C)C(c1ccc(Cl)cc1)=N[C@@H](CC(=O)O)c1nnc(C)n1-2. The first kappa shape index (κ1) is 81.3. The van der Waals surface area contributed by atoms with Gasteiger partial charge in [0.15, 0.2) is 11.6 Å². The molecule has 8 amide bonds. The number of Topliss-reactive ketones (excluding diaryl/α,β-unsaturated/α-hetero) is 1. The zero-order valence-corrected chi connectivity index (χ0v) is 63.4. The van der Waals surface area contributed by atoms with Crippen LogP contribution in [-0.4, -0.2) is 140 Å². The second-order valence-electron chi connectivity index (χ2n) is 27.0. The van der Waals surface area contributed by atoms with Crippen LogP contribution >= 0.6 is 45.9 Å². The van der Waals surface area contributed by atoms with E-state index in [4.69, 9.17) is 42.7 Å². The van der Waals surface area contributed by atoms with Crippen LogP contribution in [0.5, 0.6) is 11.5 Å². The molecule has 3 N–H and O–H groups in total.